The van der Waals surface area contributed by atoms with Gasteiger partial charge in [0, 0.05) is 6.42 Å². The lowest BCUT2D eigenvalue weighted by atomic mass is 9.76. The molecule has 18 heavy (non-hydrogen) atoms. The Hall–Kier alpha value is -1.37. The number of aliphatic hydroxyl groups is 2. The summed E-state index contributed by atoms with van der Waals surface area (Å²) >= 11 is 0. The Balaban J connectivity index is 2.38. The third kappa shape index (κ3) is 2.72. The Morgan fingerprint density at radius 1 is 1.39 bits per heavy atom. The van der Waals surface area contributed by atoms with Crippen molar-refractivity contribution in [1.29, 1.82) is 0 Å². The molecule has 1 aliphatic heterocycles. The fraction of sp³-hybridized carbons (Fsp3) is 0.400. The highest BCUT2D eigenvalue weighted by Gasteiger charge is 2.34. The molecule has 4 N–H and O–H groups in total. The number of rotatable bonds is 3. The maximum atomic E-state index is 9.16. The Labute approximate surface area is 106 Å². The molecule has 2 rings (SSSR count). The number of ether oxygens (including phenoxy) is 3. The average molecular weight is 247 g/mol. The van der Waals surface area contributed by atoms with Crippen molar-refractivity contribution >= 4 is 15.7 Å². The molecular weight excluding hydrogens is 236 g/mol. The number of fused-ring (bicyclic) bond motifs is 1. The molecule has 8 heteroatoms. The van der Waals surface area contributed by atoms with Crippen molar-refractivity contribution in [3.8, 4) is 17.2 Å². The summed E-state index contributed by atoms with van der Waals surface area (Å²) < 4.78 is 15.4. The van der Waals surface area contributed by atoms with Crippen LogP contribution in [0, 0.1) is 0 Å². The zero-order chi connectivity index (χ0) is 13.6. The van der Waals surface area contributed by atoms with Crippen LogP contribution < -0.4 is 19.9 Å². The van der Waals surface area contributed by atoms with E-state index in [2.05, 4.69) is 0 Å². The molecule has 0 spiro atoms. The van der Waals surface area contributed by atoms with Gasteiger partial charge in [0.1, 0.15) is 0 Å². The van der Waals surface area contributed by atoms with Gasteiger partial charge in [-0.2, -0.15) is 0 Å². The molecule has 0 saturated heterocycles. The van der Waals surface area contributed by atoms with Crippen LogP contribution in [0.1, 0.15) is 5.56 Å². The van der Waals surface area contributed by atoms with Gasteiger partial charge in [-0.25, -0.2) is 0 Å². The van der Waals surface area contributed by atoms with Crippen LogP contribution in [0.2, 0.25) is 0 Å². The summed E-state index contributed by atoms with van der Waals surface area (Å²) in [6.45, 7) is 0. The van der Waals surface area contributed by atoms with Crippen molar-refractivity contribution in [2.75, 3.05) is 7.11 Å². The normalized spacial score (nSPS) is 16.7. The lowest BCUT2D eigenvalue weighted by molar-refractivity contribution is -0.153. The van der Waals surface area contributed by atoms with Crippen molar-refractivity contribution in [3.63, 3.8) is 0 Å². The number of hydrogen-bond donors (Lipinski definition) is 3. The molecule has 1 aromatic rings. The van der Waals surface area contributed by atoms with Crippen LogP contribution in [-0.4, -0.2) is 44.5 Å². The van der Waals surface area contributed by atoms with Gasteiger partial charge in [-0.05, 0) is 17.7 Å². The standard InChI is InChI=1S/C10H11B2NO5/c1-16-6-2-5(4-9(13,14)15)3-7-8(6)18-10(11,12)17-7/h2-3,14-15H,4,13H2,1H3. The lowest BCUT2D eigenvalue weighted by Gasteiger charge is -2.18. The first-order valence-corrected chi connectivity index (χ1v) is 5.10. The van der Waals surface area contributed by atoms with Crippen molar-refractivity contribution < 1.29 is 24.4 Å². The van der Waals surface area contributed by atoms with E-state index < -0.39 is 11.5 Å². The fourth-order valence-electron chi connectivity index (χ4n) is 1.71. The highest BCUT2D eigenvalue weighted by Crippen LogP contribution is 2.45. The van der Waals surface area contributed by atoms with Crippen LogP contribution in [0.15, 0.2) is 12.1 Å². The Morgan fingerprint density at radius 3 is 2.61 bits per heavy atom. The van der Waals surface area contributed by atoms with E-state index in [4.69, 9.17) is 45.8 Å². The maximum absolute atomic E-state index is 9.16. The van der Waals surface area contributed by atoms with Gasteiger partial charge in [0.2, 0.25) is 11.7 Å². The summed E-state index contributed by atoms with van der Waals surface area (Å²) in [4.78, 5) is 0. The van der Waals surface area contributed by atoms with Crippen LogP contribution in [0.25, 0.3) is 0 Å². The maximum Gasteiger partial charge on any atom is 0.223 e. The third-order valence-corrected chi connectivity index (χ3v) is 2.30. The van der Waals surface area contributed by atoms with E-state index in [0.29, 0.717) is 11.3 Å². The molecule has 4 radical (unpaired) electrons. The zero-order valence-corrected chi connectivity index (χ0v) is 9.71. The van der Waals surface area contributed by atoms with Gasteiger partial charge in [-0.1, -0.05) is 0 Å². The molecule has 0 atom stereocenters. The Kier molecular flexibility index (Phi) is 2.96. The third-order valence-electron chi connectivity index (χ3n) is 2.30. The molecule has 0 aliphatic carbocycles. The second-order valence-corrected chi connectivity index (χ2v) is 4.11. The van der Waals surface area contributed by atoms with Crippen molar-refractivity contribution in [2.24, 2.45) is 5.73 Å². The van der Waals surface area contributed by atoms with Crippen molar-refractivity contribution in [2.45, 2.75) is 17.9 Å². The number of benzene rings is 1. The highest BCUT2D eigenvalue weighted by atomic mass is 16.7. The van der Waals surface area contributed by atoms with Gasteiger partial charge in [0.25, 0.3) is 0 Å². The average Bonchev–Trinajstić information content (AvgIpc) is 2.48. The van der Waals surface area contributed by atoms with E-state index in [9.17, 15) is 0 Å². The monoisotopic (exact) mass is 247 g/mol. The topological polar surface area (TPSA) is 94.2 Å². The van der Waals surface area contributed by atoms with Gasteiger partial charge < -0.3 is 24.4 Å². The van der Waals surface area contributed by atoms with Crippen LogP contribution in [-0.2, 0) is 6.42 Å². The van der Waals surface area contributed by atoms with Crippen LogP contribution in [0.4, 0.5) is 0 Å². The second-order valence-electron chi connectivity index (χ2n) is 4.11. The van der Waals surface area contributed by atoms with E-state index >= 15 is 0 Å². The van der Waals surface area contributed by atoms with Gasteiger partial charge in [-0.3, -0.25) is 5.73 Å². The Morgan fingerprint density at radius 2 is 2.06 bits per heavy atom. The Bertz CT molecular complexity index is 472. The number of nitrogens with two attached hydrogens (primary N) is 1. The van der Waals surface area contributed by atoms with Gasteiger partial charge in [0.05, 0.1) is 7.11 Å². The predicted octanol–water partition coefficient (Wildman–Crippen LogP) is -1.45. The largest absolute Gasteiger partial charge is 0.493 e. The summed E-state index contributed by atoms with van der Waals surface area (Å²) in [5.74, 6) is -1.52. The SMILES string of the molecule is [B]C1([B])Oc2cc(CC(N)(O)O)cc(OC)c2O1. The molecule has 1 aromatic carbocycles. The fourth-order valence-corrected chi connectivity index (χ4v) is 1.71. The molecule has 0 bridgehead atoms. The van der Waals surface area contributed by atoms with E-state index in [-0.39, 0.29) is 17.9 Å². The minimum absolute atomic E-state index is 0.220. The quantitative estimate of drug-likeness (QED) is 0.447. The molecule has 0 fully saturated rings. The molecular formula is C10H11B2NO5. The molecule has 0 amide bonds. The summed E-state index contributed by atoms with van der Waals surface area (Å²) in [5.41, 5.74) is 3.81. The van der Waals surface area contributed by atoms with Gasteiger partial charge in [-0.15, -0.1) is 0 Å². The van der Waals surface area contributed by atoms with Gasteiger partial charge >= 0.3 is 0 Å². The van der Waals surface area contributed by atoms with Crippen LogP contribution in [0.3, 0.4) is 0 Å². The summed E-state index contributed by atoms with van der Waals surface area (Å²) in [7, 11) is 12.4. The first-order chi connectivity index (χ1) is 8.20. The molecule has 6 nitrogen and oxygen atoms in total. The minimum atomic E-state index is -2.33. The van der Waals surface area contributed by atoms with E-state index in [0.717, 1.165) is 0 Å². The van der Waals surface area contributed by atoms with E-state index in [1.807, 2.05) is 0 Å². The summed E-state index contributed by atoms with van der Waals surface area (Å²) in [6.07, 6.45) is -0.220. The lowest BCUT2D eigenvalue weighted by Crippen LogP contribution is -2.41. The molecule has 0 saturated carbocycles. The van der Waals surface area contributed by atoms with Crippen molar-refractivity contribution in [1.82, 2.24) is 0 Å². The first-order valence-electron chi connectivity index (χ1n) is 5.10. The van der Waals surface area contributed by atoms with E-state index in [1.165, 1.54) is 19.2 Å². The smallest absolute Gasteiger partial charge is 0.223 e. The predicted molar refractivity (Wildman–Crippen MR) is 63.5 cm³/mol. The van der Waals surface area contributed by atoms with E-state index in [1.54, 1.807) is 0 Å². The first kappa shape index (κ1) is 13.1. The highest BCUT2D eigenvalue weighted by molar-refractivity contribution is 6.38. The molecule has 0 aromatic heterocycles. The number of methoxy groups -OCH3 is 1. The zero-order valence-electron chi connectivity index (χ0n) is 9.71. The molecule has 92 valence electrons. The second kappa shape index (κ2) is 4.08. The van der Waals surface area contributed by atoms with Gasteiger partial charge in [0.15, 0.2) is 32.8 Å². The molecule has 1 aliphatic rings. The van der Waals surface area contributed by atoms with Crippen LogP contribution >= 0.6 is 0 Å². The molecule has 1 heterocycles. The summed E-state index contributed by atoms with van der Waals surface area (Å²) in [5, 5.41) is 18.3. The minimum Gasteiger partial charge on any atom is -0.493 e. The number of hydrogen-bond acceptors (Lipinski definition) is 6. The summed E-state index contributed by atoms with van der Waals surface area (Å²) in [6, 6.07) is 3.02. The van der Waals surface area contributed by atoms with Crippen molar-refractivity contribution in [3.05, 3.63) is 17.7 Å². The van der Waals surface area contributed by atoms with Crippen LogP contribution in [0.5, 0.6) is 17.2 Å². The molecule has 0 unspecified atom stereocenters.